The summed E-state index contributed by atoms with van der Waals surface area (Å²) in [5.74, 6) is 3.53. The van der Waals surface area contributed by atoms with Crippen LogP contribution in [0.15, 0.2) is 200 Å². The minimum atomic E-state index is -0.555. The van der Waals surface area contributed by atoms with Crippen LogP contribution >= 0.6 is 0 Å². The molecule has 1 aliphatic rings. The van der Waals surface area contributed by atoms with Crippen LogP contribution in [-0.2, 0) is 10.8 Å². The molecule has 0 atom stereocenters. The van der Waals surface area contributed by atoms with E-state index in [2.05, 4.69) is 102 Å². The number of nitrogens with zero attached hydrogens (tertiary/aromatic N) is 4. The normalized spacial score (nSPS) is 14.8. The summed E-state index contributed by atoms with van der Waals surface area (Å²) in [4.78, 5) is 8.91. The molecule has 0 aliphatic carbocycles. The summed E-state index contributed by atoms with van der Waals surface area (Å²) < 4.78 is 104. The van der Waals surface area contributed by atoms with Gasteiger partial charge in [0.1, 0.15) is 35.5 Å². The quantitative estimate of drug-likeness (QED) is 0.137. The Morgan fingerprint density at radius 1 is 0.549 bits per heavy atom. The number of pyridine rings is 1. The molecular weight excluding hydrogens is 869 g/mol. The van der Waals surface area contributed by atoms with Crippen LogP contribution in [0, 0.1) is 0 Å². The van der Waals surface area contributed by atoms with Crippen molar-refractivity contribution in [2.75, 3.05) is 16.5 Å². The third-order valence-electron chi connectivity index (χ3n) is 13.2. The van der Waals surface area contributed by atoms with Crippen molar-refractivity contribution in [3.05, 3.63) is 217 Å². The second kappa shape index (κ2) is 18.0. The Kier molecular flexibility index (Phi) is 8.90. The van der Waals surface area contributed by atoms with E-state index in [4.69, 9.17) is 28.2 Å². The minimum absolute atomic E-state index is 0.0962. The van der Waals surface area contributed by atoms with Gasteiger partial charge in [-0.15, -0.1) is 0 Å². The van der Waals surface area contributed by atoms with Crippen LogP contribution in [-0.4, -0.2) is 16.2 Å². The van der Waals surface area contributed by atoms with Gasteiger partial charge in [-0.05, 0) is 93.6 Å². The second-order valence-electron chi connectivity index (χ2n) is 20.4. The third kappa shape index (κ3) is 8.58. The first-order valence-electron chi connectivity index (χ1n) is 29.0. The molecular formula is C65H60N4O2. The molecule has 0 saturated heterocycles. The Hall–Kier alpha value is -8.09. The average Bonchev–Trinajstić information content (AvgIpc) is 4.15. The molecule has 0 unspecified atom stereocenters. The molecule has 0 bridgehead atoms. The molecule has 0 fully saturated rings. The number of fused-ring (bicyclic) bond motifs is 4. The highest BCUT2D eigenvalue weighted by Crippen LogP contribution is 2.51. The maximum absolute atomic E-state index is 9.09. The number of aromatic nitrogens is 2. The smallest absolute Gasteiger partial charge is 0.141 e. The number of hydrogen-bond donors (Lipinski definition) is 0. The zero-order valence-corrected chi connectivity index (χ0v) is 41.2. The fourth-order valence-corrected chi connectivity index (χ4v) is 9.68. The van der Waals surface area contributed by atoms with Crippen LogP contribution in [0.4, 0.5) is 22.7 Å². The summed E-state index contributed by atoms with van der Waals surface area (Å²) in [6.45, 7) is 17.7. The molecule has 11 rings (SSSR count). The molecule has 6 nitrogen and oxygen atoms in total. The van der Waals surface area contributed by atoms with E-state index in [1.165, 1.54) is 5.56 Å². The molecule has 6 heteroatoms. The van der Waals surface area contributed by atoms with Crippen molar-refractivity contribution >= 4 is 44.6 Å². The number of rotatable bonds is 10. The van der Waals surface area contributed by atoms with Gasteiger partial charge >= 0.3 is 0 Å². The van der Waals surface area contributed by atoms with Crippen molar-refractivity contribution in [3.8, 4) is 51.1 Å². The molecule has 0 amide bonds. The van der Waals surface area contributed by atoms with Crippen molar-refractivity contribution in [1.29, 1.82) is 0 Å². The lowest BCUT2D eigenvalue weighted by Gasteiger charge is -2.27. The van der Waals surface area contributed by atoms with Gasteiger partial charge in [0.15, 0.2) is 0 Å². The van der Waals surface area contributed by atoms with Gasteiger partial charge < -0.3 is 19.3 Å². The fourth-order valence-electron chi connectivity index (χ4n) is 9.68. The molecule has 3 heterocycles. The Labute approximate surface area is 432 Å². The Morgan fingerprint density at radius 2 is 1.20 bits per heavy atom. The van der Waals surface area contributed by atoms with E-state index >= 15 is 0 Å². The highest BCUT2D eigenvalue weighted by molar-refractivity contribution is 6.10. The first-order valence-corrected chi connectivity index (χ1v) is 24.0. The summed E-state index contributed by atoms with van der Waals surface area (Å²) in [5.41, 5.74) is 7.69. The predicted molar refractivity (Wildman–Crippen MR) is 296 cm³/mol. The van der Waals surface area contributed by atoms with Crippen molar-refractivity contribution in [2.45, 2.75) is 72.1 Å². The van der Waals surface area contributed by atoms with Crippen LogP contribution in [0.2, 0.25) is 0 Å². The Balaban J connectivity index is 1.01. The van der Waals surface area contributed by atoms with Gasteiger partial charge in [-0.3, -0.25) is 4.57 Å². The SMILES string of the molecule is [2H]c1c([2H])c([2H])c(-c2cccc(-c3c([2H])c([2H])c([2H])c([2H])c3[2H])c2N2CN(c3cccc(Oc4ccc5c6cc(C(C)(C)C)ccc6n(-c6cc(Oc7c(C(C)C)cccc7C(C)(C)C)ccn6)c5c4)c3)c3ccccc32)c([2H])c1[2H]. The minimum Gasteiger partial charge on any atom is -0.457 e. The highest BCUT2D eigenvalue weighted by Gasteiger charge is 2.32. The maximum atomic E-state index is 9.09. The summed E-state index contributed by atoms with van der Waals surface area (Å²) in [6.07, 6.45) is 1.79. The molecule has 0 N–H and O–H groups in total. The Morgan fingerprint density at radius 3 is 1.87 bits per heavy atom. The van der Waals surface area contributed by atoms with E-state index in [1.54, 1.807) is 24.4 Å². The van der Waals surface area contributed by atoms with E-state index in [-0.39, 0.29) is 51.4 Å². The standard InChI is InChI=1S/C65H60N4O2/c1-43(2)51-26-19-29-56(65(6,7)8)63(51)71-50-36-37-66-61(41-50)69-57-35-32-46(64(3,4)5)38-55(57)54-34-33-49(40-60(54)69)70-48-25-17-24-47(39-48)67-42-68(59-31-16-15-30-58(59)67)62-52(44-20-11-9-12-21-44)27-18-28-53(62)45-22-13-10-14-23-45/h9-41,43H,42H2,1-8H3/i9D,10D,11D,12D,13D,14D,20D,21D,22D,23D. The van der Waals surface area contributed by atoms with E-state index in [1.807, 2.05) is 82.6 Å². The zero-order valence-electron chi connectivity index (χ0n) is 51.2. The van der Waals surface area contributed by atoms with E-state index in [0.29, 0.717) is 28.8 Å². The van der Waals surface area contributed by atoms with Crippen LogP contribution in [0.25, 0.3) is 49.9 Å². The van der Waals surface area contributed by atoms with E-state index in [0.717, 1.165) is 50.1 Å². The summed E-state index contributed by atoms with van der Waals surface area (Å²) >= 11 is 0. The lowest BCUT2D eigenvalue weighted by atomic mass is 9.83. The number of ether oxygens (including phenoxy) is 2. The van der Waals surface area contributed by atoms with Gasteiger partial charge in [0.25, 0.3) is 0 Å². The fraction of sp³-hybridized carbons (Fsp3) is 0.185. The first kappa shape index (κ1) is 35.1. The molecule has 10 aromatic rings. The van der Waals surface area contributed by atoms with Crippen molar-refractivity contribution in [2.24, 2.45) is 0 Å². The predicted octanol–water partition coefficient (Wildman–Crippen LogP) is 18.1. The topological polar surface area (TPSA) is 42.8 Å². The van der Waals surface area contributed by atoms with Gasteiger partial charge in [-0.2, -0.15) is 0 Å². The maximum Gasteiger partial charge on any atom is 0.141 e. The van der Waals surface area contributed by atoms with Gasteiger partial charge in [0.2, 0.25) is 0 Å². The number of anilines is 4. The first-order chi connectivity index (χ1) is 38.4. The Bertz CT molecular complexity index is 4050. The third-order valence-corrected chi connectivity index (χ3v) is 13.2. The van der Waals surface area contributed by atoms with Crippen molar-refractivity contribution in [1.82, 2.24) is 9.55 Å². The average molecular weight is 939 g/mol. The van der Waals surface area contributed by atoms with Crippen molar-refractivity contribution < 1.29 is 23.2 Å². The van der Waals surface area contributed by atoms with Crippen LogP contribution in [0.3, 0.4) is 0 Å². The molecule has 8 aromatic carbocycles. The van der Waals surface area contributed by atoms with Gasteiger partial charge in [0.05, 0.1) is 41.8 Å². The molecule has 1 aliphatic heterocycles. The van der Waals surface area contributed by atoms with Crippen molar-refractivity contribution in [3.63, 3.8) is 0 Å². The molecule has 352 valence electrons. The van der Waals surface area contributed by atoms with Gasteiger partial charge in [0, 0.05) is 57.5 Å². The largest absolute Gasteiger partial charge is 0.457 e. The van der Waals surface area contributed by atoms with Crippen LogP contribution < -0.4 is 19.3 Å². The molecule has 71 heavy (non-hydrogen) atoms. The summed E-state index contributed by atoms with van der Waals surface area (Å²) in [7, 11) is 0. The summed E-state index contributed by atoms with van der Waals surface area (Å²) in [5, 5.41) is 2.09. The van der Waals surface area contributed by atoms with E-state index in [9.17, 15) is 0 Å². The second-order valence-corrected chi connectivity index (χ2v) is 20.4. The van der Waals surface area contributed by atoms with Gasteiger partial charge in [-0.1, -0.05) is 176 Å². The molecule has 0 radical (unpaired) electrons. The lowest BCUT2D eigenvalue weighted by molar-refractivity contribution is 0.446. The number of para-hydroxylation sites is 4. The molecule has 2 aromatic heterocycles. The van der Waals surface area contributed by atoms with E-state index < -0.39 is 60.4 Å². The lowest BCUT2D eigenvalue weighted by Crippen LogP contribution is -2.24. The number of hydrogen-bond acceptors (Lipinski definition) is 5. The van der Waals surface area contributed by atoms with Crippen LogP contribution in [0.5, 0.6) is 23.0 Å². The molecule has 0 spiro atoms. The zero-order chi connectivity index (χ0) is 57.7. The summed E-state index contributed by atoms with van der Waals surface area (Å²) in [6, 6.07) is 38.1. The monoisotopic (exact) mass is 939 g/mol. The number of benzene rings is 8. The van der Waals surface area contributed by atoms with Crippen LogP contribution in [0.1, 0.15) is 91.7 Å². The molecule has 0 saturated carbocycles. The highest BCUT2D eigenvalue weighted by atomic mass is 16.5. The van der Waals surface area contributed by atoms with Gasteiger partial charge in [-0.25, -0.2) is 4.98 Å².